The molecule has 0 fully saturated rings. The predicted molar refractivity (Wildman–Crippen MR) is 118 cm³/mol. The molecule has 0 atom stereocenters. The highest BCUT2D eigenvalue weighted by Gasteiger charge is 2.19. The molecule has 0 radical (unpaired) electrons. The summed E-state index contributed by atoms with van der Waals surface area (Å²) < 4.78 is 7.67. The molecule has 2 aromatic carbocycles. The lowest BCUT2D eigenvalue weighted by molar-refractivity contribution is 0.0698. The summed E-state index contributed by atoms with van der Waals surface area (Å²) >= 11 is 0. The van der Waals surface area contributed by atoms with Gasteiger partial charge >= 0.3 is 5.97 Å². The van der Waals surface area contributed by atoms with E-state index in [-0.39, 0.29) is 16.8 Å². The monoisotopic (exact) mass is 426 g/mol. The number of hydrogen-bond acceptors (Lipinski definition) is 5. The second-order valence-corrected chi connectivity index (χ2v) is 7.06. The number of nitrogens with zero attached hydrogens (tertiary/aromatic N) is 3. The number of carboxylic acid groups (broad SMARTS) is 1. The van der Waals surface area contributed by atoms with E-state index in [1.54, 1.807) is 30.1 Å². The van der Waals surface area contributed by atoms with Crippen molar-refractivity contribution in [2.45, 2.75) is 6.61 Å². The molecule has 0 bridgehead atoms. The number of rotatable bonds is 6. The van der Waals surface area contributed by atoms with E-state index in [2.05, 4.69) is 10.3 Å². The predicted octanol–water partition coefficient (Wildman–Crippen LogP) is 3.97. The number of carbonyl (C=O) groups excluding carboxylic acids is 1. The van der Waals surface area contributed by atoms with Gasteiger partial charge in [-0.25, -0.2) is 4.79 Å². The van der Waals surface area contributed by atoms with Gasteiger partial charge in [-0.2, -0.15) is 5.26 Å². The van der Waals surface area contributed by atoms with Crippen LogP contribution in [0.5, 0.6) is 5.75 Å². The van der Waals surface area contributed by atoms with Crippen molar-refractivity contribution >= 4 is 28.5 Å². The maximum Gasteiger partial charge on any atom is 0.337 e. The molecule has 8 nitrogen and oxygen atoms in total. The van der Waals surface area contributed by atoms with Gasteiger partial charge < -0.3 is 19.7 Å². The van der Waals surface area contributed by atoms with Crippen molar-refractivity contribution in [2.24, 2.45) is 7.05 Å². The van der Waals surface area contributed by atoms with Crippen LogP contribution in [0.25, 0.3) is 10.9 Å². The molecular weight excluding hydrogens is 408 g/mol. The fraction of sp³-hybridized carbons (Fsp3) is 0.0833. The molecule has 0 unspecified atom stereocenters. The summed E-state index contributed by atoms with van der Waals surface area (Å²) in [6, 6.07) is 17.0. The Bertz CT molecular complexity index is 1370. The third-order valence-electron chi connectivity index (χ3n) is 5.00. The van der Waals surface area contributed by atoms with Gasteiger partial charge in [0.15, 0.2) is 0 Å². The van der Waals surface area contributed by atoms with Crippen LogP contribution in [-0.2, 0) is 13.7 Å². The molecule has 0 aliphatic heterocycles. The quantitative estimate of drug-likeness (QED) is 0.482. The van der Waals surface area contributed by atoms with Gasteiger partial charge in [0.05, 0.1) is 28.4 Å². The Hall–Kier alpha value is -4.64. The fourth-order valence-corrected chi connectivity index (χ4v) is 3.44. The zero-order chi connectivity index (χ0) is 22.7. The normalized spacial score (nSPS) is 10.5. The Morgan fingerprint density at radius 3 is 2.75 bits per heavy atom. The molecule has 32 heavy (non-hydrogen) atoms. The maximum atomic E-state index is 13.0. The van der Waals surface area contributed by atoms with Crippen molar-refractivity contribution in [2.75, 3.05) is 5.32 Å². The van der Waals surface area contributed by atoms with Crippen LogP contribution in [0, 0.1) is 11.3 Å². The van der Waals surface area contributed by atoms with Gasteiger partial charge in [0.2, 0.25) is 0 Å². The second-order valence-electron chi connectivity index (χ2n) is 7.06. The van der Waals surface area contributed by atoms with Gasteiger partial charge in [-0.15, -0.1) is 0 Å². The number of aromatic carboxylic acids is 1. The molecule has 4 rings (SSSR count). The molecule has 0 aliphatic carbocycles. The first-order valence-corrected chi connectivity index (χ1v) is 9.67. The van der Waals surface area contributed by atoms with Gasteiger partial charge in [0.1, 0.15) is 18.1 Å². The molecular formula is C24H18N4O4. The molecule has 4 aromatic rings. The van der Waals surface area contributed by atoms with Gasteiger partial charge in [-0.3, -0.25) is 9.78 Å². The van der Waals surface area contributed by atoms with Crippen LogP contribution < -0.4 is 10.1 Å². The van der Waals surface area contributed by atoms with Gasteiger partial charge in [0.25, 0.3) is 5.91 Å². The number of carbonyl (C=O) groups is 2. The number of carboxylic acids is 1. The largest absolute Gasteiger partial charge is 0.487 e. The first kappa shape index (κ1) is 20.6. The van der Waals surface area contributed by atoms with E-state index in [0.717, 1.165) is 16.5 Å². The summed E-state index contributed by atoms with van der Waals surface area (Å²) in [6.07, 6.45) is 3.41. The van der Waals surface area contributed by atoms with E-state index in [9.17, 15) is 14.7 Å². The molecule has 0 aliphatic rings. The molecule has 0 saturated carbocycles. The number of anilines is 1. The Morgan fingerprint density at radius 2 is 2.03 bits per heavy atom. The number of nitriles is 1. The number of amides is 1. The molecule has 2 N–H and O–H groups in total. The summed E-state index contributed by atoms with van der Waals surface area (Å²) in [6.45, 7) is 0.326. The lowest BCUT2D eigenvalue weighted by atomic mass is 10.1. The molecule has 2 aromatic heterocycles. The fourth-order valence-electron chi connectivity index (χ4n) is 3.44. The number of nitrogens with one attached hydrogen (secondary N) is 1. The van der Waals surface area contributed by atoms with Crippen LogP contribution in [-0.4, -0.2) is 26.5 Å². The van der Waals surface area contributed by atoms with Gasteiger partial charge in [-0.1, -0.05) is 18.2 Å². The highest BCUT2D eigenvalue weighted by molar-refractivity contribution is 6.09. The molecule has 8 heteroatoms. The van der Waals surface area contributed by atoms with E-state index in [0.29, 0.717) is 18.1 Å². The zero-order valence-corrected chi connectivity index (χ0v) is 17.1. The highest BCUT2D eigenvalue weighted by Crippen LogP contribution is 2.29. The van der Waals surface area contributed by atoms with Crippen molar-refractivity contribution in [3.05, 3.63) is 89.4 Å². The first-order chi connectivity index (χ1) is 15.5. The Labute approximate surface area is 183 Å². The maximum absolute atomic E-state index is 13.0. The minimum Gasteiger partial charge on any atom is -0.487 e. The summed E-state index contributed by atoms with van der Waals surface area (Å²) in [7, 11) is 1.74. The third kappa shape index (κ3) is 4.00. The lowest BCUT2D eigenvalue weighted by Crippen LogP contribution is -2.17. The minimum atomic E-state index is -1.24. The van der Waals surface area contributed by atoms with E-state index in [4.69, 9.17) is 10.00 Å². The number of ether oxygens (including phenoxy) is 1. The van der Waals surface area contributed by atoms with Crippen LogP contribution in [0.15, 0.2) is 67.0 Å². The number of aryl methyl sites for hydroxylation is 1. The number of aromatic nitrogens is 2. The Balaban J connectivity index is 1.64. The van der Waals surface area contributed by atoms with Crippen molar-refractivity contribution < 1.29 is 19.4 Å². The van der Waals surface area contributed by atoms with E-state index < -0.39 is 11.9 Å². The van der Waals surface area contributed by atoms with E-state index in [1.165, 1.54) is 18.2 Å². The van der Waals surface area contributed by atoms with Crippen LogP contribution >= 0.6 is 0 Å². The minimum absolute atomic E-state index is 0.111. The molecule has 1 amide bonds. The average molecular weight is 426 g/mol. The summed E-state index contributed by atoms with van der Waals surface area (Å²) in [5.41, 5.74) is 2.13. The average Bonchev–Trinajstić information content (AvgIpc) is 3.15. The lowest BCUT2D eigenvalue weighted by Gasteiger charge is -2.11. The molecule has 0 spiro atoms. The number of para-hydroxylation sites is 1. The summed E-state index contributed by atoms with van der Waals surface area (Å²) in [5.74, 6) is -1.10. The number of fused-ring (bicyclic) bond motifs is 1. The summed E-state index contributed by atoms with van der Waals surface area (Å²) in [5, 5.41) is 21.9. The number of benzene rings is 2. The van der Waals surface area contributed by atoms with Crippen LogP contribution in [0.2, 0.25) is 0 Å². The van der Waals surface area contributed by atoms with Gasteiger partial charge in [-0.05, 0) is 36.4 Å². The molecule has 0 saturated heterocycles. The number of hydrogen-bond donors (Lipinski definition) is 2. The van der Waals surface area contributed by atoms with Crippen LogP contribution in [0.4, 0.5) is 5.69 Å². The van der Waals surface area contributed by atoms with Crippen molar-refractivity contribution in [1.29, 1.82) is 5.26 Å². The molecule has 2 heterocycles. The van der Waals surface area contributed by atoms with Gasteiger partial charge in [0, 0.05) is 30.4 Å². The van der Waals surface area contributed by atoms with Crippen LogP contribution in [0.3, 0.4) is 0 Å². The Kier molecular flexibility index (Phi) is 5.55. The standard InChI is InChI=1S/C24H18N4O4/c1-28-20(23(29)27-19-8-7-15(12-25)10-18(19)24(30)31)11-17-5-2-6-21(22(17)28)32-14-16-4-3-9-26-13-16/h2-11,13H,14H2,1H3,(H,27,29)(H,30,31). The summed E-state index contributed by atoms with van der Waals surface area (Å²) in [4.78, 5) is 28.6. The Morgan fingerprint density at radius 1 is 1.19 bits per heavy atom. The van der Waals surface area contributed by atoms with E-state index in [1.807, 2.05) is 36.4 Å². The first-order valence-electron chi connectivity index (χ1n) is 9.67. The highest BCUT2D eigenvalue weighted by atomic mass is 16.5. The topological polar surface area (TPSA) is 117 Å². The second kappa shape index (κ2) is 8.62. The van der Waals surface area contributed by atoms with Crippen molar-refractivity contribution in [1.82, 2.24) is 9.55 Å². The van der Waals surface area contributed by atoms with Crippen molar-refractivity contribution in [3.8, 4) is 11.8 Å². The number of pyridine rings is 1. The van der Waals surface area contributed by atoms with E-state index >= 15 is 0 Å². The van der Waals surface area contributed by atoms with Crippen LogP contribution in [0.1, 0.15) is 32.0 Å². The zero-order valence-electron chi connectivity index (χ0n) is 17.1. The molecule has 158 valence electrons. The smallest absolute Gasteiger partial charge is 0.337 e. The third-order valence-corrected chi connectivity index (χ3v) is 5.00. The van der Waals surface area contributed by atoms with Crippen molar-refractivity contribution in [3.63, 3.8) is 0 Å². The SMILES string of the molecule is Cn1c(C(=O)Nc2ccc(C#N)cc2C(=O)O)cc2cccc(OCc3cccnc3)c21.